The molecule has 1 aliphatic heterocycles. The quantitative estimate of drug-likeness (QED) is 0.863. The van der Waals surface area contributed by atoms with Crippen LogP contribution < -0.4 is 0 Å². The van der Waals surface area contributed by atoms with E-state index < -0.39 is 12.1 Å². The van der Waals surface area contributed by atoms with Gasteiger partial charge >= 0.3 is 5.97 Å². The zero-order chi connectivity index (χ0) is 17.1. The summed E-state index contributed by atoms with van der Waals surface area (Å²) in [6.45, 7) is 2.93. The van der Waals surface area contributed by atoms with Crippen LogP contribution in [0.25, 0.3) is 10.9 Å². The van der Waals surface area contributed by atoms with E-state index in [1.54, 1.807) is 24.1 Å². The summed E-state index contributed by atoms with van der Waals surface area (Å²) in [5.74, 6) is -0.872. The normalized spacial score (nSPS) is 17.9. The van der Waals surface area contributed by atoms with E-state index >= 15 is 0 Å². The Labute approximate surface area is 138 Å². The molecule has 24 heavy (non-hydrogen) atoms. The van der Waals surface area contributed by atoms with E-state index in [0.29, 0.717) is 18.7 Å². The number of fused-ring (bicyclic) bond motifs is 1. The standard InChI is InChI=1S/C17H19FN2O4/c1-2-23-17(22)15-10-20(5-6-24-15)16(21)7-11-9-19-14-8-12(18)3-4-13(11)14/h3-4,8-9,15,19H,2,5-7,10H2,1H3/t15-/m1/s1. The molecule has 1 atom stereocenters. The SMILES string of the molecule is CCOC(=O)[C@H]1CN(C(=O)Cc2c[nH]c3cc(F)ccc23)CCO1. The monoisotopic (exact) mass is 334 g/mol. The zero-order valence-electron chi connectivity index (χ0n) is 13.4. The summed E-state index contributed by atoms with van der Waals surface area (Å²) in [5, 5.41) is 0.819. The van der Waals surface area contributed by atoms with Crippen LogP contribution in [0.3, 0.4) is 0 Å². The molecule has 0 aliphatic carbocycles. The number of hydrogen-bond donors (Lipinski definition) is 1. The van der Waals surface area contributed by atoms with E-state index in [-0.39, 0.29) is 31.3 Å². The van der Waals surface area contributed by atoms with E-state index in [2.05, 4.69) is 4.98 Å². The summed E-state index contributed by atoms with van der Waals surface area (Å²) in [6, 6.07) is 4.43. The average molecular weight is 334 g/mol. The number of rotatable bonds is 4. The third-order valence-electron chi connectivity index (χ3n) is 4.04. The van der Waals surface area contributed by atoms with Crippen LogP contribution in [0, 0.1) is 5.82 Å². The second kappa shape index (κ2) is 7.00. The van der Waals surface area contributed by atoms with Gasteiger partial charge in [-0.05, 0) is 30.7 Å². The number of benzene rings is 1. The lowest BCUT2D eigenvalue weighted by molar-refractivity contribution is -0.164. The molecule has 0 bridgehead atoms. The Hall–Kier alpha value is -2.41. The van der Waals surface area contributed by atoms with E-state index in [9.17, 15) is 14.0 Å². The fourth-order valence-electron chi connectivity index (χ4n) is 2.83. The lowest BCUT2D eigenvalue weighted by Crippen LogP contribution is -2.49. The highest BCUT2D eigenvalue weighted by Crippen LogP contribution is 2.20. The van der Waals surface area contributed by atoms with Crippen molar-refractivity contribution in [2.45, 2.75) is 19.4 Å². The maximum absolute atomic E-state index is 13.2. The zero-order valence-corrected chi connectivity index (χ0v) is 13.4. The molecule has 2 heterocycles. The Balaban J connectivity index is 1.68. The molecule has 2 aromatic rings. The lowest BCUT2D eigenvalue weighted by atomic mass is 10.1. The summed E-state index contributed by atoms with van der Waals surface area (Å²) >= 11 is 0. The number of H-pyrrole nitrogens is 1. The topological polar surface area (TPSA) is 71.6 Å². The summed E-state index contributed by atoms with van der Waals surface area (Å²) in [6.07, 6.45) is 1.16. The van der Waals surface area contributed by atoms with Gasteiger partial charge in [-0.15, -0.1) is 0 Å². The largest absolute Gasteiger partial charge is 0.464 e. The van der Waals surface area contributed by atoms with E-state index in [0.717, 1.165) is 10.9 Å². The second-order valence-electron chi connectivity index (χ2n) is 5.63. The average Bonchev–Trinajstić information content (AvgIpc) is 2.97. The van der Waals surface area contributed by atoms with E-state index in [4.69, 9.17) is 9.47 Å². The highest BCUT2D eigenvalue weighted by atomic mass is 19.1. The van der Waals surface area contributed by atoms with Gasteiger partial charge < -0.3 is 19.4 Å². The molecule has 7 heteroatoms. The van der Waals surface area contributed by atoms with Crippen LogP contribution in [0.15, 0.2) is 24.4 Å². The number of carbonyl (C=O) groups excluding carboxylic acids is 2. The lowest BCUT2D eigenvalue weighted by Gasteiger charge is -2.31. The van der Waals surface area contributed by atoms with Crippen molar-refractivity contribution in [3.8, 4) is 0 Å². The van der Waals surface area contributed by atoms with Gasteiger partial charge in [0.1, 0.15) is 5.82 Å². The molecule has 1 N–H and O–H groups in total. The van der Waals surface area contributed by atoms with Gasteiger partial charge in [0.05, 0.1) is 26.2 Å². The van der Waals surface area contributed by atoms with Crippen molar-refractivity contribution in [3.63, 3.8) is 0 Å². The number of nitrogens with one attached hydrogen (secondary N) is 1. The van der Waals surface area contributed by atoms with Gasteiger partial charge in [-0.1, -0.05) is 0 Å². The van der Waals surface area contributed by atoms with Crippen LogP contribution in [0.4, 0.5) is 4.39 Å². The van der Waals surface area contributed by atoms with Gasteiger partial charge in [0.15, 0.2) is 6.10 Å². The Morgan fingerprint density at radius 1 is 1.46 bits per heavy atom. The fraction of sp³-hybridized carbons (Fsp3) is 0.412. The first-order valence-electron chi connectivity index (χ1n) is 7.90. The van der Waals surface area contributed by atoms with Gasteiger partial charge in [-0.2, -0.15) is 0 Å². The first-order valence-corrected chi connectivity index (χ1v) is 7.90. The summed E-state index contributed by atoms with van der Waals surface area (Å²) < 4.78 is 23.5. The van der Waals surface area contributed by atoms with Crippen LogP contribution in [0.2, 0.25) is 0 Å². The van der Waals surface area contributed by atoms with Crippen molar-refractivity contribution in [1.82, 2.24) is 9.88 Å². The highest BCUT2D eigenvalue weighted by molar-refractivity contribution is 5.89. The number of hydrogen-bond acceptors (Lipinski definition) is 4. The molecule has 1 fully saturated rings. The Bertz CT molecular complexity index is 758. The van der Waals surface area contributed by atoms with Gasteiger partial charge in [0.25, 0.3) is 0 Å². The highest BCUT2D eigenvalue weighted by Gasteiger charge is 2.30. The van der Waals surface area contributed by atoms with E-state index in [1.807, 2.05) is 0 Å². The first kappa shape index (κ1) is 16.4. The van der Waals surface area contributed by atoms with E-state index in [1.165, 1.54) is 12.1 Å². The molecule has 1 amide bonds. The smallest absolute Gasteiger partial charge is 0.337 e. The molecule has 0 saturated carbocycles. The molecule has 3 rings (SSSR count). The number of nitrogens with zero attached hydrogens (tertiary/aromatic N) is 1. The number of morpholine rings is 1. The van der Waals surface area contributed by atoms with Crippen LogP contribution in [0.1, 0.15) is 12.5 Å². The Morgan fingerprint density at radius 2 is 2.29 bits per heavy atom. The maximum Gasteiger partial charge on any atom is 0.337 e. The molecule has 128 valence electrons. The van der Waals surface area contributed by atoms with Crippen LogP contribution in [0.5, 0.6) is 0 Å². The number of aromatic nitrogens is 1. The molecule has 6 nitrogen and oxygen atoms in total. The first-order chi connectivity index (χ1) is 11.6. The molecule has 0 radical (unpaired) electrons. The van der Waals surface area contributed by atoms with Crippen molar-refractivity contribution in [2.75, 3.05) is 26.3 Å². The van der Waals surface area contributed by atoms with Crippen molar-refractivity contribution in [1.29, 1.82) is 0 Å². The van der Waals surface area contributed by atoms with Crippen molar-refractivity contribution < 1.29 is 23.5 Å². The second-order valence-corrected chi connectivity index (χ2v) is 5.63. The minimum atomic E-state index is -0.736. The summed E-state index contributed by atoms with van der Waals surface area (Å²) in [7, 11) is 0. The van der Waals surface area contributed by atoms with Crippen molar-refractivity contribution in [2.24, 2.45) is 0 Å². The number of aromatic amines is 1. The Kier molecular flexibility index (Phi) is 4.80. The molecule has 0 spiro atoms. The molecule has 1 saturated heterocycles. The van der Waals surface area contributed by atoms with Crippen LogP contribution in [-0.4, -0.2) is 54.2 Å². The fourth-order valence-corrected chi connectivity index (χ4v) is 2.83. The molecular weight excluding hydrogens is 315 g/mol. The number of halogens is 1. The summed E-state index contributed by atoms with van der Waals surface area (Å²) in [4.78, 5) is 28.9. The number of ether oxygens (including phenoxy) is 2. The molecule has 0 unspecified atom stereocenters. The third kappa shape index (κ3) is 3.41. The minimum Gasteiger partial charge on any atom is -0.464 e. The van der Waals surface area contributed by atoms with Gasteiger partial charge in [-0.3, -0.25) is 4.79 Å². The molecule has 1 aromatic carbocycles. The number of amides is 1. The molecular formula is C17H19FN2O4. The number of esters is 1. The minimum absolute atomic E-state index is 0.0992. The predicted molar refractivity (Wildman–Crippen MR) is 84.9 cm³/mol. The van der Waals surface area contributed by atoms with Gasteiger partial charge in [0, 0.05) is 23.6 Å². The molecule has 1 aromatic heterocycles. The number of carbonyl (C=O) groups is 2. The van der Waals surface area contributed by atoms with Crippen LogP contribution in [-0.2, 0) is 25.5 Å². The van der Waals surface area contributed by atoms with Crippen LogP contribution >= 0.6 is 0 Å². The van der Waals surface area contributed by atoms with Gasteiger partial charge in [0.2, 0.25) is 5.91 Å². The van der Waals surface area contributed by atoms with Crippen molar-refractivity contribution >= 4 is 22.8 Å². The van der Waals surface area contributed by atoms with Crippen molar-refractivity contribution in [3.05, 3.63) is 35.8 Å². The van der Waals surface area contributed by atoms with Gasteiger partial charge in [-0.25, -0.2) is 9.18 Å². The third-order valence-corrected chi connectivity index (χ3v) is 4.04. The Morgan fingerprint density at radius 3 is 3.08 bits per heavy atom. The maximum atomic E-state index is 13.2. The molecule has 1 aliphatic rings. The summed E-state index contributed by atoms with van der Waals surface area (Å²) in [5.41, 5.74) is 1.46. The predicted octanol–water partition coefficient (Wildman–Crippen LogP) is 1.64.